The van der Waals surface area contributed by atoms with Crippen LogP contribution in [0.2, 0.25) is 0 Å². The average molecular weight is 260 g/mol. The largest absolute Gasteiger partial charge is 0.394 e. The third-order valence-electron chi connectivity index (χ3n) is 2.76. The van der Waals surface area contributed by atoms with Crippen LogP contribution in [0.4, 0.5) is 0 Å². The number of aryl methyl sites for hydroxylation is 1. The Kier molecular flexibility index (Phi) is 4.63. The van der Waals surface area contributed by atoms with Crippen LogP contribution in [-0.4, -0.2) is 32.6 Å². The van der Waals surface area contributed by atoms with Gasteiger partial charge in [0.1, 0.15) is 0 Å². The Morgan fingerprint density at radius 2 is 2.16 bits per heavy atom. The van der Waals surface area contributed by atoms with Crippen molar-refractivity contribution < 1.29 is 9.90 Å². The average Bonchev–Trinajstić information content (AvgIpc) is 2.97. The minimum atomic E-state index is -0.371. The van der Waals surface area contributed by atoms with E-state index in [0.717, 1.165) is 5.56 Å². The van der Waals surface area contributed by atoms with E-state index < -0.39 is 0 Å². The number of aliphatic hydroxyl groups is 1. The molecule has 1 aromatic carbocycles. The molecule has 0 fully saturated rings. The summed E-state index contributed by atoms with van der Waals surface area (Å²) >= 11 is 0. The first-order valence-electron chi connectivity index (χ1n) is 6.09. The zero-order chi connectivity index (χ0) is 13.5. The number of aliphatic hydroxyl groups excluding tert-OH is 1. The van der Waals surface area contributed by atoms with Gasteiger partial charge in [0.15, 0.2) is 0 Å². The first-order chi connectivity index (χ1) is 9.29. The number of carbonyl (C=O) groups excluding carboxylic acids is 1. The summed E-state index contributed by atoms with van der Waals surface area (Å²) in [5, 5.41) is 19.6. The van der Waals surface area contributed by atoms with E-state index in [1.54, 1.807) is 17.1 Å². The molecule has 0 bridgehead atoms. The fraction of sp³-hybridized carbons (Fsp3) is 0.308. The Labute approximate surface area is 111 Å². The maximum Gasteiger partial charge on any atom is 0.222 e. The summed E-state index contributed by atoms with van der Waals surface area (Å²) < 4.78 is 1.59. The summed E-state index contributed by atoms with van der Waals surface area (Å²) in [6.45, 7) is 0.345. The van der Waals surface area contributed by atoms with E-state index in [9.17, 15) is 9.90 Å². The quantitative estimate of drug-likeness (QED) is 0.793. The smallest absolute Gasteiger partial charge is 0.222 e. The van der Waals surface area contributed by atoms with Gasteiger partial charge < -0.3 is 10.4 Å². The third kappa shape index (κ3) is 3.89. The molecule has 0 aliphatic rings. The highest BCUT2D eigenvalue weighted by atomic mass is 16.3. The van der Waals surface area contributed by atoms with Crippen LogP contribution in [-0.2, 0) is 11.3 Å². The number of hydrogen-bond acceptors (Lipinski definition) is 4. The molecule has 2 aromatic rings. The number of nitrogens with zero attached hydrogens (tertiary/aromatic N) is 3. The Morgan fingerprint density at radius 3 is 2.79 bits per heavy atom. The topological polar surface area (TPSA) is 80.0 Å². The Morgan fingerprint density at radius 1 is 1.37 bits per heavy atom. The highest BCUT2D eigenvalue weighted by Gasteiger charge is 2.13. The van der Waals surface area contributed by atoms with Crippen molar-refractivity contribution >= 4 is 5.91 Å². The molecule has 100 valence electrons. The van der Waals surface area contributed by atoms with Gasteiger partial charge in [-0.1, -0.05) is 35.5 Å². The standard InChI is InChI=1S/C13H16N4O2/c18-10-12(11-4-2-1-3-5-11)15-13(19)6-8-17-9-7-14-16-17/h1-5,7,9,12,18H,6,8,10H2,(H,15,19)/t12-/m0/s1. The number of rotatable bonds is 6. The molecule has 1 atom stereocenters. The summed E-state index contributed by atoms with van der Waals surface area (Å²) in [6.07, 6.45) is 3.57. The molecule has 0 saturated heterocycles. The normalized spacial score (nSPS) is 12.1. The van der Waals surface area contributed by atoms with Crippen LogP contribution in [0, 0.1) is 0 Å². The number of amides is 1. The van der Waals surface area contributed by atoms with Gasteiger partial charge in [-0.3, -0.25) is 9.48 Å². The molecule has 0 spiro atoms. The number of carbonyl (C=O) groups is 1. The molecule has 6 heteroatoms. The lowest BCUT2D eigenvalue weighted by molar-refractivity contribution is -0.122. The van der Waals surface area contributed by atoms with Crippen LogP contribution in [0.5, 0.6) is 0 Å². The molecule has 0 unspecified atom stereocenters. The fourth-order valence-electron chi connectivity index (χ4n) is 1.75. The van der Waals surface area contributed by atoms with E-state index in [2.05, 4.69) is 15.6 Å². The van der Waals surface area contributed by atoms with Crippen molar-refractivity contribution in [1.29, 1.82) is 0 Å². The summed E-state index contributed by atoms with van der Waals surface area (Å²) in [5.74, 6) is -0.126. The monoisotopic (exact) mass is 260 g/mol. The molecule has 1 aromatic heterocycles. The second kappa shape index (κ2) is 6.65. The number of nitrogens with one attached hydrogen (secondary N) is 1. The van der Waals surface area contributed by atoms with Gasteiger partial charge in [0.05, 0.1) is 25.4 Å². The summed E-state index contributed by atoms with van der Waals surface area (Å²) in [4.78, 5) is 11.8. The Bertz CT molecular complexity index is 499. The van der Waals surface area contributed by atoms with E-state index in [-0.39, 0.29) is 18.6 Å². The van der Waals surface area contributed by atoms with Crippen molar-refractivity contribution in [3.63, 3.8) is 0 Å². The zero-order valence-electron chi connectivity index (χ0n) is 10.4. The van der Waals surface area contributed by atoms with Crippen LogP contribution in [0.15, 0.2) is 42.7 Å². The van der Waals surface area contributed by atoms with Crippen molar-refractivity contribution in [3.8, 4) is 0 Å². The predicted octanol–water partition coefficient (Wildman–Crippen LogP) is 0.518. The SMILES string of the molecule is O=C(CCn1ccnn1)N[C@@H](CO)c1ccccc1. The van der Waals surface area contributed by atoms with E-state index in [4.69, 9.17) is 0 Å². The molecule has 2 N–H and O–H groups in total. The number of aromatic nitrogens is 3. The van der Waals surface area contributed by atoms with Gasteiger partial charge in [-0.15, -0.1) is 5.10 Å². The van der Waals surface area contributed by atoms with E-state index >= 15 is 0 Å². The molecule has 0 radical (unpaired) electrons. The predicted molar refractivity (Wildman–Crippen MR) is 69.1 cm³/mol. The first-order valence-corrected chi connectivity index (χ1v) is 6.09. The van der Waals surface area contributed by atoms with Gasteiger partial charge in [0.2, 0.25) is 5.91 Å². The highest BCUT2D eigenvalue weighted by Crippen LogP contribution is 2.11. The van der Waals surface area contributed by atoms with Gasteiger partial charge in [0, 0.05) is 12.6 Å². The van der Waals surface area contributed by atoms with Crippen LogP contribution >= 0.6 is 0 Å². The van der Waals surface area contributed by atoms with Crippen molar-refractivity contribution in [2.24, 2.45) is 0 Å². The molecule has 1 heterocycles. The van der Waals surface area contributed by atoms with E-state index in [0.29, 0.717) is 13.0 Å². The molecular formula is C13H16N4O2. The molecule has 6 nitrogen and oxygen atoms in total. The lowest BCUT2D eigenvalue weighted by Gasteiger charge is -2.16. The van der Waals surface area contributed by atoms with Crippen molar-refractivity contribution in [2.75, 3.05) is 6.61 Å². The number of benzene rings is 1. The van der Waals surface area contributed by atoms with Gasteiger partial charge in [-0.2, -0.15) is 0 Å². The third-order valence-corrected chi connectivity index (χ3v) is 2.76. The van der Waals surface area contributed by atoms with Gasteiger partial charge in [0.25, 0.3) is 0 Å². The Hall–Kier alpha value is -2.21. The molecule has 19 heavy (non-hydrogen) atoms. The lowest BCUT2D eigenvalue weighted by Crippen LogP contribution is -2.31. The second-order valence-electron chi connectivity index (χ2n) is 4.13. The molecule has 0 aliphatic heterocycles. The van der Waals surface area contributed by atoms with Gasteiger partial charge in [-0.25, -0.2) is 0 Å². The number of hydrogen-bond donors (Lipinski definition) is 2. The first kappa shape index (κ1) is 13.2. The molecular weight excluding hydrogens is 244 g/mol. The van der Waals surface area contributed by atoms with Crippen molar-refractivity contribution in [2.45, 2.75) is 19.0 Å². The van der Waals surface area contributed by atoms with Crippen LogP contribution in [0.25, 0.3) is 0 Å². The van der Waals surface area contributed by atoms with Crippen LogP contribution in [0.1, 0.15) is 18.0 Å². The second-order valence-corrected chi connectivity index (χ2v) is 4.13. The minimum Gasteiger partial charge on any atom is -0.394 e. The van der Waals surface area contributed by atoms with Crippen molar-refractivity contribution in [3.05, 3.63) is 48.3 Å². The molecule has 0 saturated carbocycles. The minimum absolute atomic E-state index is 0.126. The Balaban J connectivity index is 1.86. The maximum absolute atomic E-state index is 11.8. The maximum atomic E-state index is 11.8. The van der Waals surface area contributed by atoms with Gasteiger partial charge >= 0.3 is 0 Å². The molecule has 0 aliphatic carbocycles. The highest BCUT2D eigenvalue weighted by molar-refractivity contribution is 5.76. The summed E-state index contributed by atoms with van der Waals surface area (Å²) in [7, 11) is 0. The van der Waals surface area contributed by atoms with Crippen LogP contribution in [0.3, 0.4) is 0 Å². The summed E-state index contributed by atoms with van der Waals surface area (Å²) in [5.41, 5.74) is 0.888. The summed E-state index contributed by atoms with van der Waals surface area (Å²) in [6, 6.07) is 9.02. The lowest BCUT2D eigenvalue weighted by atomic mass is 10.1. The van der Waals surface area contributed by atoms with Crippen LogP contribution < -0.4 is 5.32 Å². The van der Waals surface area contributed by atoms with E-state index in [1.165, 1.54) is 0 Å². The fourth-order valence-corrected chi connectivity index (χ4v) is 1.75. The molecule has 2 rings (SSSR count). The van der Waals surface area contributed by atoms with Crippen molar-refractivity contribution in [1.82, 2.24) is 20.3 Å². The van der Waals surface area contributed by atoms with Gasteiger partial charge in [-0.05, 0) is 5.56 Å². The zero-order valence-corrected chi connectivity index (χ0v) is 10.4. The molecule has 1 amide bonds. The van der Waals surface area contributed by atoms with E-state index in [1.807, 2.05) is 30.3 Å².